The van der Waals surface area contributed by atoms with Crippen molar-refractivity contribution in [2.45, 2.75) is 12.8 Å². The SMILES string of the molecule is N#CCCc1c[nH]nc1N. The summed E-state index contributed by atoms with van der Waals surface area (Å²) in [6, 6.07) is 2.04. The predicted octanol–water partition coefficient (Wildman–Crippen LogP) is 0.448. The molecule has 1 rings (SSSR count). The highest BCUT2D eigenvalue weighted by Crippen LogP contribution is 2.07. The smallest absolute Gasteiger partial charge is 0.148 e. The third-order valence-corrected chi connectivity index (χ3v) is 1.26. The van der Waals surface area contributed by atoms with Gasteiger partial charge in [-0.25, -0.2) is 0 Å². The number of nitrogens with zero attached hydrogens (tertiary/aromatic N) is 2. The van der Waals surface area contributed by atoms with E-state index in [0.29, 0.717) is 18.7 Å². The number of aromatic nitrogens is 2. The van der Waals surface area contributed by atoms with Crippen LogP contribution in [0, 0.1) is 11.3 Å². The van der Waals surface area contributed by atoms with Crippen LogP contribution >= 0.6 is 0 Å². The third kappa shape index (κ3) is 1.26. The van der Waals surface area contributed by atoms with Gasteiger partial charge >= 0.3 is 0 Å². The molecule has 0 aliphatic rings. The number of hydrogen-bond donors (Lipinski definition) is 2. The van der Waals surface area contributed by atoms with Crippen LogP contribution in [0.1, 0.15) is 12.0 Å². The van der Waals surface area contributed by atoms with E-state index < -0.39 is 0 Å². The van der Waals surface area contributed by atoms with Gasteiger partial charge in [0.1, 0.15) is 5.82 Å². The Kier molecular flexibility index (Phi) is 1.90. The van der Waals surface area contributed by atoms with Crippen molar-refractivity contribution in [3.8, 4) is 6.07 Å². The molecule has 0 amide bonds. The largest absolute Gasteiger partial charge is 0.382 e. The number of nitrogens with two attached hydrogens (primary N) is 1. The van der Waals surface area contributed by atoms with Crippen LogP contribution in [0.15, 0.2) is 6.20 Å². The summed E-state index contributed by atoms with van der Waals surface area (Å²) in [5, 5.41) is 14.6. The molecule has 0 aliphatic heterocycles. The molecular weight excluding hydrogens is 128 g/mol. The van der Waals surface area contributed by atoms with Crippen molar-refractivity contribution in [3.63, 3.8) is 0 Å². The summed E-state index contributed by atoms with van der Waals surface area (Å²) in [6.45, 7) is 0. The monoisotopic (exact) mass is 136 g/mol. The van der Waals surface area contributed by atoms with Crippen molar-refractivity contribution < 1.29 is 0 Å². The van der Waals surface area contributed by atoms with Gasteiger partial charge in [-0.15, -0.1) is 0 Å². The maximum Gasteiger partial charge on any atom is 0.148 e. The Morgan fingerprint density at radius 3 is 3.10 bits per heavy atom. The van der Waals surface area contributed by atoms with Crippen molar-refractivity contribution >= 4 is 5.82 Å². The second-order valence-electron chi connectivity index (χ2n) is 1.95. The molecule has 0 saturated carbocycles. The molecule has 1 aromatic heterocycles. The van der Waals surface area contributed by atoms with E-state index in [1.807, 2.05) is 6.07 Å². The maximum atomic E-state index is 8.23. The first-order valence-corrected chi connectivity index (χ1v) is 2.99. The van der Waals surface area contributed by atoms with Crippen LogP contribution in [-0.4, -0.2) is 10.2 Å². The average molecular weight is 136 g/mol. The van der Waals surface area contributed by atoms with Gasteiger partial charge in [0.25, 0.3) is 0 Å². The zero-order chi connectivity index (χ0) is 7.40. The Morgan fingerprint density at radius 1 is 1.80 bits per heavy atom. The minimum atomic E-state index is 0.490. The van der Waals surface area contributed by atoms with Crippen LogP contribution in [0.3, 0.4) is 0 Å². The Balaban J connectivity index is 2.59. The average Bonchev–Trinajstić information content (AvgIpc) is 2.31. The van der Waals surface area contributed by atoms with Gasteiger partial charge in [-0.3, -0.25) is 5.10 Å². The Bertz CT molecular complexity index is 244. The summed E-state index contributed by atoms with van der Waals surface area (Å²) in [7, 11) is 0. The second-order valence-corrected chi connectivity index (χ2v) is 1.95. The lowest BCUT2D eigenvalue weighted by molar-refractivity contribution is 1.02. The van der Waals surface area contributed by atoms with Crippen molar-refractivity contribution in [1.82, 2.24) is 10.2 Å². The van der Waals surface area contributed by atoms with Crippen molar-refractivity contribution in [2.75, 3.05) is 5.73 Å². The molecule has 0 unspecified atom stereocenters. The molecule has 3 N–H and O–H groups in total. The topological polar surface area (TPSA) is 78.5 Å². The van der Waals surface area contributed by atoms with Gasteiger partial charge < -0.3 is 5.73 Å². The Labute approximate surface area is 58.7 Å². The highest BCUT2D eigenvalue weighted by atomic mass is 15.1. The first-order valence-electron chi connectivity index (χ1n) is 2.99. The van der Waals surface area contributed by atoms with E-state index in [2.05, 4.69) is 10.2 Å². The van der Waals surface area contributed by atoms with Crippen molar-refractivity contribution in [1.29, 1.82) is 5.26 Å². The minimum absolute atomic E-state index is 0.490. The number of nitrogen functional groups attached to an aromatic ring is 1. The molecule has 0 spiro atoms. The van der Waals surface area contributed by atoms with Gasteiger partial charge in [0, 0.05) is 18.2 Å². The third-order valence-electron chi connectivity index (χ3n) is 1.26. The summed E-state index contributed by atoms with van der Waals surface area (Å²) in [6.07, 6.45) is 2.88. The number of anilines is 1. The van der Waals surface area contributed by atoms with Crippen LogP contribution in [0.25, 0.3) is 0 Å². The molecule has 0 aliphatic carbocycles. The molecule has 0 aromatic carbocycles. The number of H-pyrrole nitrogens is 1. The molecule has 10 heavy (non-hydrogen) atoms. The number of hydrogen-bond acceptors (Lipinski definition) is 3. The number of rotatable bonds is 2. The highest BCUT2D eigenvalue weighted by molar-refractivity contribution is 5.36. The first kappa shape index (κ1) is 6.62. The van der Waals surface area contributed by atoms with Gasteiger partial charge in [-0.2, -0.15) is 10.4 Å². The molecule has 0 saturated heterocycles. The van der Waals surface area contributed by atoms with Crippen LogP contribution in [0.4, 0.5) is 5.82 Å². The van der Waals surface area contributed by atoms with Gasteiger partial charge in [-0.1, -0.05) is 0 Å². The summed E-state index contributed by atoms with van der Waals surface area (Å²) in [5.74, 6) is 0.496. The Hall–Kier alpha value is -1.50. The van der Waals surface area contributed by atoms with E-state index in [1.165, 1.54) is 0 Å². The lowest BCUT2D eigenvalue weighted by Gasteiger charge is -1.89. The minimum Gasteiger partial charge on any atom is -0.382 e. The van der Waals surface area contributed by atoms with Crippen LogP contribution in [-0.2, 0) is 6.42 Å². The number of aromatic amines is 1. The summed E-state index contributed by atoms with van der Waals surface area (Å²) in [5.41, 5.74) is 6.35. The van der Waals surface area contributed by atoms with Crippen molar-refractivity contribution in [2.24, 2.45) is 0 Å². The number of nitrogens with one attached hydrogen (secondary N) is 1. The molecule has 0 radical (unpaired) electrons. The molecule has 1 heterocycles. The lowest BCUT2D eigenvalue weighted by Crippen LogP contribution is -1.90. The lowest BCUT2D eigenvalue weighted by atomic mass is 10.2. The summed E-state index contributed by atoms with van der Waals surface area (Å²) in [4.78, 5) is 0. The molecule has 4 heteroatoms. The standard InChI is InChI=1S/C6H8N4/c7-3-1-2-5-4-9-10-6(5)8/h4H,1-2H2,(H3,8,9,10). The predicted molar refractivity (Wildman–Crippen MR) is 36.9 cm³/mol. The molecule has 1 aromatic rings. The maximum absolute atomic E-state index is 8.23. The van der Waals surface area contributed by atoms with Crippen molar-refractivity contribution in [3.05, 3.63) is 11.8 Å². The Morgan fingerprint density at radius 2 is 2.60 bits per heavy atom. The fourth-order valence-electron chi connectivity index (χ4n) is 0.716. The fourth-order valence-corrected chi connectivity index (χ4v) is 0.716. The molecule has 0 atom stereocenters. The van der Waals surface area contributed by atoms with E-state index in [4.69, 9.17) is 11.0 Å². The number of nitriles is 1. The van der Waals surface area contributed by atoms with Crippen LogP contribution in [0.5, 0.6) is 0 Å². The van der Waals surface area contributed by atoms with Crippen LogP contribution < -0.4 is 5.73 Å². The number of aryl methyl sites for hydroxylation is 1. The summed E-state index contributed by atoms with van der Waals surface area (Å²) < 4.78 is 0. The van der Waals surface area contributed by atoms with Gasteiger partial charge in [0.05, 0.1) is 6.07 Å². The van der Waals surface area contributed by atoms with Gasteiger partial charge in [0.2, 0.25) is 0 Å². The molecule has 0 bridgehead atoms. The molecular formula is C6H8N4. The van der Waals surface area contributed by atoms with E-state index in [0.717, 1.165) is 5.56 Å². The van der Waals surface area contributed by atoms with E-state index in [1.54, 1.807) is 6.20 Å². The normalized spacial score (nSPS) is 9.10. The molecule has 4 nitrogen and oxygen atoms in total. The zero-order valence-electron chi connectivity index (χ0n) is 5.46. The fraction of sp³-hybridized carbons (Fsp3) is 0.333. The zero-order valence-corrected chi connectivity index (χ0v) is 5.46. The van der Waals surface area contributed by atoms with Gasteiger partial charge in [0.15, 0.2) is 0 Å². The van der Waals surface area contributed by atoms with E-state index >= 15 is 0 Å². The quantitative estimate of drug-likeness (QED) is 0.619. The molecule has 0 fully saturated rings. The molecule has 52 valence electrons. The summed E-state index contributed by atoms with van der Waals surface area (Å²) >= 11 is 0. The van der Waals surface area contributed by atoms with E-state index in [9.17, 15) is 0 Å². The van der Waals surface area contributed by atoms with Crippen LogP contribution in [0.2, 0.25) is 0 Å². The first-order chi connectivity index (χ1) is 4.84. The highest BCUT2D eigenvalue weighted by Gasteiger charge is 1.98. The second kappa shape index (κ2) is 2.87. The van der Waals surface area contributed by atoms with Gasteiger partial charge in [-0.05, 0) is 6.42 Å². The van der Waals surface area contributed by atoms with E-state index in [-0.39, 0.29) is 0 Å².